The summed E-state index contributed by atoms with van der Waals surface area (Å²) in [6.07, 6.45) is 5.57. The Kier molecular flexibility index (Phi) is 13.4. The van der Waals surface area contributed by atoms with Crippen molar-refractivity contribution < 1.29 is 28.7 Å². The minimum atomic E-state index is -0.708. The second kappa shape index (κ2) is 19.8. The number of alkyl carbamates (subject to hydrolysis) is 2. The highest BCUT2D eigenvalue weighted by Gasteiger charge is 2.39. The molecule has 3 aromatic carbocycles. The summed E-state index contributed by atoms with van der Waals surface area (Å²) in [6, 6.07) is 25.6. The van der Waals surface area contributed by atoms with E-state index in [2.05, 4.69) is 104 Å². The monoisotopic (exact) mass is 950 g/mol. The number of benzene rings is 3. The Morgan fingerprint density at radius 1 is 0.652 bits per heavy atom. The molecule has 0 bridgehead atoms. The number of hydrogen-bond acceptors (Lipinski definition) is 10. The molecule has 358 valence electrons. The van der Waals surface area contributed by atoms with Crippen molar-refractivity contribution in [2.45, 2.75) is 84.5 Å². The number of aromatic nitrogens is 6. The van der Waals surface area contributed by atoms with Gasteiger partial charge in [0.25, 0.3) is 0 Å². The van der Waals surface area contributed by atoms with Gasteiger partial charge in [-0.25, -0.2) is 24.5 Å². The summed E-state index contributed by atoms with van der Waals surface area (Å²) in [5.74, 6) is 0.883. The third-order valence-electron chi connectivity index (χ3n) is 13.3. The normalized spacial score (nSPS) is 16.9. The molecule has 69 heavy (non-hydrogen) atoms. The van der Waals surface area contributed by atoms with Crippen molar-refractivity contribution in [3.05, 3.63) is 108 Å². The molecular formula is C52H58N10O6S. The number of thiazole rings is 1. The number of carbonyl (C=O) groups excluding carboxylic acids is 4. The Morgan fingerprint density at radius 2 is 1.10 bits per heavy atom. The smallest absolute Gasteiger partial charge is 0.407 e. The van der Waals surface area contributed by atoms with Gasteiger partial charge in [-0.3, -0.25) is 9.59 Å². The zero-order chi connectivity index (χ0) is 48.5. The molecule has 2 aliphatic rings. The van der Waals surface area contributed by atoms with Crippen LogP contribution in [0.2, 0.25) is 0 Å². The quantitative estimate of drug-likeness (QED) is 0.0871. The van der Waals surface area contributed by atoms with E-state index >= 15 is 0 Å². The highest BCUT2D eigenvalue weighted by molar-refractivity contribution is 7.18. The predicted molar refractivity (Wildman–Crippen MR) is 265 cm³/mol. The van der Waals surface area contributed by atoms with Crippen LogP contribution in [-0.4, -0.2) is 103 Å². The zero-order valence-electron chi connectivity index (χ0n) is 39.9. The summed E-state index contributed by atoms with van der Waals surface area (Å²) in [5, 5.41) is 6.45. The van der Waals surface area contributed by atoms with Crippen LogP contribution >= 0.6 is 11.3 Å². The standard InChI is InChI=1S/C52H58N10O6S/c1-29(2)45(58-51(65)67-6)49(63)60-24-8-10-42(60)47-53-27-38(56-47)32-12-16-34(17-13-32)40-21-22-41(62(40)36-20-23-44-37(26-36)55-31(5)69-44)35-18-14-33(15-19-35)39-28-54-48(57-39)43-11-9-25-61(43)50(64)46(30(3)4)59-52(66)68-7/h12-23,26-30,42-43,45-46H,8-11,24-25H2,1-7H3,(H,53,56)(H,54,57)(H,58,65)(H,59,66). The fourth-order valence-electron chi connectivity index (χ4n) is 9.67. The van der Waals surface area contributed by atoms with Gasteiger partial charge in [0, 0.05) is 18.8 Å². The van der Waals surface area contributed by atoms with E-state index in [1.165, 1.54) is 14.2 Å². The summed E-state index contributed by atoms with van der Waals surface area (Å²) in [6.45, 7) is 10.8. The number of likely N-dealkylation sites (tertiary alicyclic amines) is 2. The highest BCUT2D eigenvalue weighted by Crippen LogP contribution is 2.38. The maximum atomic E-state index is 13.7. The number of imidazole rings is 2. The van der Waals surface area contributed by atoms with Crippen LogP contribution in [0.25, 0.3) is 60.9 Å². The van der Waals surface area contributed by atoms with Crippen LogP contribution in [0.3, 0.4) is 0 Å². The molecule has 17 heteroatoms. The van der Waals surface area contributed by atoms with Gasteiger partial charge in [0.1, 0.15) is 23.7 Å². The maximum Gasteiger partial charge on any atom is 0.407 e. The molecule has 7 aromatic rings. The zero-order valence-corrected chi connectivity index (χ0v) is 40.7. The van der Waals surface area contributed by atoms with E-state index in [-0.39, 0.29) is 35.7 Å². The molecule has 9 rings (SSSR count). The van der Waals surface area contributed by atoms with E-state index in [0.29, 0.717) is 24.7 Å². The topological polar surface area (TPSA) is 192 Å². The molecule has 0 radical (unpaired) electrons. The molecule has 0 saturated carbocycles. The summed E-state index contributed by atoms with van der Waals surface area (Å²) in [7, 11) is 2.59. The van der Waals surface area contributed by atoms with Crippen LogP contribution in [0.15, 0.2) is 91.3 Å². The number of carbonyl (C=O) groups is 4. The second-order valence-electron chi connectivity index (χ2n) is 18.4. The number of ether oxygens (including phenoxy) is 2. The first kappa shape index (κ1) is 46.8. The second-order valence-corrected chi connectivity index (χ2v) is 19.7. The molecule has 2 fully saturated rings. The molecule has 4 unspecified atom stereocenters. The van der Waals surface area contributed by atoms with Crippen molar-refractivity contribution in [3.8, 4) is 50.7 Å². The van der Waals surface area contributed by atoms with E-state index in [1.807, 2.05) is 56.8 Å². The molecule has 0 spiro atoms. The lowest BCUT2D eigenvalue weighted by Gasteiger charge is -2.30. The largest absolute Gasteiger partial charge is 0.453 e. The molecule has 4 atom stereocenters. The van der Waals surface area contributed by atoms with Crippen LogP contribution in [0.4, 0.5) is 9.59 Å². The Hall–Kier alpha value is -7.27. The molecule has 0 aliphatic carbocycles. The van der Waals surface area contributed by atoms with E-state index in [9.17, 15) is 19.2 Å². The Bertz CT molecular complexity index is 2830. The fourth-order valence-corrected chi connectivity index (χ4v) is 10.5. The van der Waals surface area contributed by atoms with Gasteiger partial charge in [-0.15, -0.1) is 11.3 Å². The van der Waals surface area contributed by atoms with Crippen LogP contribution in [-0.2, 0) is 19.1 Å². The molecule has 4 N–H and O–H groups in total. The van der Waals surface area contributed by atoms with Crippen LogP contribution in [0, 0.1) is 18.8 Å². The van der Waals surface area contributed by atoms with Gasteiger partial charge in [0.15, 0.2) is 0 Å². The van der Waals surface area contributed by atoms with E-state index in [4.69, 9.17) is 24.4 Å². The highest BCUT2D eigenvalue weighted by atomic mass is 32.1. The summed E-state index contributed by atoms with van der Waals surface area (Å²) >= 11 is 1.68. The van der Waals surface area contributed by atoms with Crippen molar-refractivity contribution in [1.29, 1.82) is 0 Å². The number of aryl methyl sites for hydroxylation is 1. The number of methoxy groups -OCH3 is 2. The lowest BCUT2D eigenvalue weighted by Crippen LogP contribution is -2.51. The number of nitrogens with one attached hydrogen (secondary N) is 4. The average molecular weight is 951 g/mol. The third kappa shape index (κ3) is 9.47. The van der Waals surface area contributed by atoms with E-state index in [1.54, 1.807) is 11.3 Å². The van der Waals surface area contributed by atoms with Crippen molar-refractivity contribution >= 4 is 45.6 Å². The average Bonchev–Trinajstić information content (AvgIpc) is 4.22. The lowest BCUT2D eigenvalue weighted by atomic mass is 10.0. The first-order valence-corrected chi connectivity index (χ1v) is 24.3. The number of aromatic amines is 2. The van der Waals surface area contributed by atoms with Gasteiger partial charge >= 0.3 is 12.2 Å². The maximum absolute atomic E-state index is 13.7. The SMILES string of the molecule is COC(=O)NC(C(=O)N1CCCC1c1ncc(-c2ccc(-c3ccc(-c4ccc(-c5cnc(C6CCCN6C(=O)C(NC(=O)OC)C(C)C)[nH]5)cc4)n3-c3ccc4sc(C)nc4c3)cc2)[nH]1)C(C)C. The van der Waals surface area contributed by atoms with Gasteiger partial charge < -0.3 is 44.4 Å². The van der Waals surface area contributed by atoms with Gasteiger partial charge in [-0.2, -0.15) is 0 Å². The molecule has 2 aliphatic heterocycles. The first-order chi connectivity index (χ1) is 33.3. The number of rotatable bonds is 13. The number of nitrogens with zero attached hydrogens (tertiary/aromatic N) is 6. The number of H-pyrrole nitrogens is 2. The molecule has 16 nitrogen and oxygen atoms in total. The fraction of sp³-hybridized carbons (Fsp3) is 0.365. The number of hydrogen-bond donors (Lipinski definition) is 4. The van der Waals surface area contributed by atoms with Crippen LogP contribution in [0.1, 0.15) is 82.1 Å². The number of amides is 4. The van der Waals surface area contributed by atoms with Crippen molar-refractivity contribution in [3.63, 3.8) is 0 Å². The van der Waals surface area contributed by atoms with Gasteiger partial charge in [-0.05, 0) is 97.0 Å². The van der Waals surface area contributed by atoms with Gasteiger partial charge in [0.2, 0.25) is 11.8 Å². The molecule has 2 saturated heterocycles. The third-order valence-corrected chi connectivity index (χ3v) is 14.2. The summed E-state index contributed by atoms with van der Waals surface area (Å²) in [4.78, 5) is 76.6. The van der Waals surface area contributed by atoms with Crippen LogP contribution in [0.5, 0.6) is 0 Å². The lowest BCUT2D eigenvalue weighted by molar-refractivity contribution is -0.136. The van der Waals surface area contributed by atoms with E-state index < -0.39 is 24.3 Å². The number of fused-ring (bicyclic) bond motifs is 1. The Balaban J connectivity index is 0.971. The van der Waals surface area contributed by atoms with Gasteiger partial charge in [0.05, 0.1) is 76.7 Å². The van der Waals surface area contributed by atoms with Crippen molar-refractivity contribution in [2.24, 2.45) is 11.8 Å². The molecular weight excluding hydrogens is 893 g/mol. The summed E-state index contributed by atoms with van der Waals surface area (Å²) < 4.78 is 13.0. The summed E-state index contributed by atoms with van der Waals surface area (Å²) in [5.41, 5.74) is 9.59. The molecule has 4 aromatic heterocycles. The Labute approximate surface area is 404 Å². The molecule has 4 amide bonds. The Morgan fingerprint density at radius 3 is 1.54 bits per heavy atom. The molecule has 6 heterocycles. The van der Waals surface area contributed by atoms with E-state index in [0.717, 1.165) is 91.6 Å². The predicted octanol–water partition coefficient (Wildman–Crippen LogP) is 9.60. The minimum absolute atomic E-state index is 0.123. The van der Waals surface area contributed by atoms with Crippen molar-refractivity contribution in [2.75, 3.05) is 27.3 Å². The minimum Gasteiger partial charge on any atom is -0.453 e. The first-order valence-electron chi connectivity index (χ1n) is 23.5. The van der Waals surface area contributed by atoms with Crippen molar-refractivity contribution in [1.82, 2.24) is 49.9 Å². The van der Waals surface area contributed by atoms with Gasteiger partial charge in [-0.1, -0.05) is 76.2 Å². The van der Waals surface area contributed by atoms with Crippen LogP contribution < -0.4 is 10.6 Å².